The highest BCUT2D eigenvalue weighted by Crippen LogP contribution is 2.39. The van der Waals surface area contributed by atoms with Crippen LogP contribution in [-0.4, -0.2) is 18.6 Å². The van der Waals surface area contributed by atoms with Crippen LogP contribution >= 0.6 is 0 Å². The molecule has 0 aliphatic heterocycles. The van der Waals surface area contributed by atoms with Gasteiger partial charge in [0, 0.05) is 5.92 Å². The summed E-state index contributed by atoms with van der Waals surface area (Å²) in [5.41, 5.74) is 1.11. The van der Waals surface area contributed by atoms with Crippen LogP contribution in [0.25, 0.3) is 0 Å². The third kappa shape index (κ3) is 2.31. The Morgan fingerprint density at radius 2 is 2.46 bits per heavy atom. The molecule has 0 spiro atoms. The van der Waals surface area contributed by atoms with E-state index >= 15 is 0 Å². The summed E-state index contributed by atoms with van der Waals surface area (Å²) in [6.07, 6.45) is 6.49. The van der Waals surface area contributed by atoms with Gasteiger partial charge in [0.1, 0.15) is 6.26 Å². The van der Waals surface area contributed by atoms with E-state index in [4.69, 9.17) is 4.42 Å². The Morgan fingerprint density at radius 3 is 3.15 bits per heavy atom. The van der Waals surface area contributed by atoms with Crippen molar-refractivity contribution in [1.82, 2.24) is 10.3 Å². The third-order valence-electron chi connectivity index (χ3n) is 2.36. The normalized spacial score (nSPS) is 16.4. The molecule has 1 aliphatic rings. The van der Waals surface area contributed by atoms with Gasteiger partial charge in [-0.3, -0.25) is 0 Å². The van der Waals surface area contributed by atoms with Gasteiger partial charge in [-0.15, -0.1) is 0 Å². The molecule has 72 valence electrons. The summed E-state index contributed by atoms with van der Waals surface area (Å²) in [5, 5.41) is 3.12. The van der Waals surface area contributed by atoms with E-state index in [0.717, 1.165) is 31.0 Å². The van der Waals surface area contributed by atoms with Crippen LogP contribution in [0.15, 0.2) is 10.7 Å². The van der Waals surface area contributed by atoms with Crippen LogP contribution in [-0.2, 0) is 6.42 Å². The van der Waals surface area contributed by atoms with Crippen LogP contribution in [0.2, 0.25) is 0 Å². The van der Waals surface area contributed by atoms with Crippen molar-refractivity contribution >= 4 is 0 Å². The molecule has 0 bridgehead atoms. The summed E-state index contributed by atoms with van der Waals surface area (Å²) in [6, 6.07) is 0. The second kappa shape index (κ2) is 3.92. The minimum atomic E-state index is 0.637. The van der Waals surface area contributed by atoms with Crippen molar-refractivity contribution in [2.24, 2.45) is 0 Å². The second-order valence-corrected chi connectivity index (χ2v) is 3.66. The standard InChI is InChI=1S/C10H16N2O/c1-11-6-2-3-9-7-13-10(12-9)8-4-5-8/h7-8,11H,2-6H2,1H3. The van der Waals surface area contributed by atoms with Gasteiger partial charge in [-0.1, -0.05) is 0 Å². The maximum atomic E-state index is 5.39. The van der Waals surface area contributed by atoms with Gasteiger partial charge < -0.3 is 9.73 Å². The van der Waals surface area contributed by atoms with Gasteiger partial charge in [0.15, 0.2) is 5.89 Å². The van der Waals surface area contributed by atoms with Crippen LogP contribution < -0.4 is 5.32 Å². The van der Waals surface area contributed by atoms with Crippen molar-refractivity contribution in [3.63, 3.8) is 0 Å². The van der Waals surface area contributed by atoms with E-state index < -0.39 is 0 Å². The molecule has 3 nitrogen and oxygen atoms in total. The number of aryl methyl sites for hydroxylation is 1. The highest BCUT2D eigenvalue weighted by atomic mass is 16.3. The van der Waals surface area contributed by atoms with Crippen molar-refractivity contribution in [3.8, 4) is 0 Å². The van der Waals surface area contributed by atoms with Gasteiger partial charge in [0.05, 0.1) is 5.69 Å². The van der Waals surface area contributed by atoms with Crippen molar-refractivity contribution in [2.45, 2.75) is 31.6 Å². The first-order chi connectivity index (χ1) is 6.40. The third-order valence-corrected chi connectivity index (χ3v) is 2.36. The fourth-order valence-corrected chi connectivity index (χ4v) is 1.40. The number of rotatable bonds is 5. The van der Waals surface area contributed by atoms with Crippen molar-refractivity contribution < 1.29 is 4.42 Å². The molecule has 0 amide bonds. The van der Waals surface area contributed by atoms with Gasteiger partial charge in [0.25, 0.3) is 0 Å². The van der Waals surface area contributed by atoms with Crippen molar-refractivity contribution in [3.05, 3.63) is 17.8 Å². The number of hydrogen-bond donors (Lipinski definition) is 1. The Morgan fingerprint density at radius 1 is 1.62 bits per heavy atom. The van der Waals surface area contributed by atoms with Crippen LogP contribution in [0, 0.1) is 0 Å². The molecule has 13 heavy (non-hydrogen) atoms. The van der Waals surface area contributed by atoms with Crippen LogP contribution in [0.4, 0.5) is 0 Å². The summed E-state index contributed by atoms with van der Waals surface area (Å²) < 4.78 is 5.39. The number of hydrogen-bond acceptors (Lipinski definition) is 3. The van der Waals surface area contributed by atoms with Gasteiger partial charge in [-0.25, -0.2) is 4.98 Å². The van der Waals surface area contributed by atoms with Gasteiger partial charge in [0.2, 0.25) is 0 Å². The lowest BCUT2D eigenvalue weighted by atomic mass is 10.2. The van der Waals surface area contributed by atoms with E-state index in [-0.39, 0.29) is 0 Å². The van der Waals surface area contributed by atoms with E-state index in [9.17, 15) is 0 Å². The molecule has 0 atom stereocenters. The fraction of sp³-hybridized carbons (Fsp3) is 0.700. The number of nitrogens with zero attached hydrogens (tertiary/aromatic N) is 1. The summed E-state index contributed by atoms with van der Waals surface area (Å²) in [5.74, 6) is 1.59. The molecule has 1 aromatic heterocycles. The lowest BCUT2D eigenvalue weighted by Gasteiger charge is -1.94. The van der Waals surface area contributed by atoms with Crippen molar-refractivity contribution in [2.75, 3.05) is 13.6 Å². The molecule has 1 saturated carbocycles. The number of oxazole rings is 1. The summed E-state index contributed by atoms with van der Waals surface area (Å²) in [4.78, 5) is 4.45. The Balaban J connectivity index is 1.82. The summed E-state index contributed by atoms with van der Waals surface area (Å²) >= 11 is 0. The maximum Gasteiger partial charge on any atom is 0.197 e. The Labute approximate surface area is 78.5 Å². The molecule has 3 heteroatoms. The van der Waals surface area contributed by atoms with Gasteiger partial charge in [-0.05, 0) is 39.3 Å². The zero-order valence-corrected chi connectivity index (χ0v) is 8.05. The fourth-order valence-electron chi connectivity index (χ4n) is 1.40. The van der Waals surface area contributed by atoms with Crippen LogP contribution in [0.3, 0.4) is 0 Å². The Bertz CT molecular complexity index is 266. The van der Waals surface area contributed by atoms with E-state index in [1.54, 1.807) is 0 Å². The molecule has 0 saturated heterocycles. The van der Waals surface area contributed by atoms with E-state index in [2.05, 4.69) is 10.3 Å². The molecule has 0 radical (unpaired) electrons. The molecular weight excluding hydrogens is 164 g/mol. The zero-order valence-electron chi connectivity index (χ0n) is 8.05. The monoisotopic (exact) mass is 180 g/mol. The zero-order chi connectivity index (χ0) is 9.10. The molecule has 1 fully saturated rings. The second-order valence-electron chi connectivity index (χ2n) is 3.66. The predicted molar refractivity (Wildman–Crippen MR) is 50.7 cm³/mol. The summed E-state index contributed by atoms with van der Waals surface area (Å²) in [7, 11) is 1.97. The molecule has 0 aromatic carbocycles. The minimum absolute atomic E-state index is 0.637. The minimum Gasteiger partial charge on any atom is -0.448 e. The number of nitrogens with one attached hydrogen (secondary N) is 1. The van der Waals surface area contributed by atoms with E-state index in [1.165, 1.54) is 12.8 Å². The molecular formula is C10H16N2O. The molecule has 1 N–H and O–H groups in total. The molecule has 1 aromatic rings. The lowest BCUT2D eigenvalue weighted by Crippen LogP contribution is -2.08. The van der Waals surface area contributed by atoms with Crippen LogP contribution in [0.1, 0.15) is 36.8 Å². The highest BCUT2D eigenvalue weighted by molar-refractivity contribution is 5.06. The molecule has 0 unspecified atom stereocenters. The smallest absolute Gasteiger partial charge is 0.197 e. The average molecular weight is 180 g/mol. The van der Waals surface area contributed by atoms with Crippen LogP contribution in [0.5, 0.6) is 0 Å². The predicted octanol–water partition coefficient (Wildman–Crippen LogP) is 1.70. The Hall–Kier alpha value is -0.830. The Kier molecular flexibility index (Phi) is 2.64. The number of aromatic nitrogens is 1. The average Bonchev–Trinajstić information content (AvgIpc) is 2.88. The maximum absolute atomic E-state index is 5.39. The first-order valence-corrected chi connectivity index (χ1v) is 4.99. The topological polar surface area (TPSA) is 38.1 Å². The quantitative estimate of drug-likeness (QED) is 0.701. The van der Waals surface area contributed by atoms with E-state index in [0.29, 0.717) is 5.92 Å². The largest absolute Gasteiger partial charge is 0.448 e. The summed E-state index contributed by atoms with van der Waals surface area (Å²) in [6.45, 7) is 1.05. The van der Waals surface area contributed by atoms with Crippen molar-refractivity contribution in [1.29, 1.82) is 0 Å². The first kappa shape index (κ1) is 8.75. The molecule has 1 aliphatic carbocycles. The van der Waals surface area contributed by atoms with Gasteiger partial charge >= 0.3 is 0 Å². The van der Waals surface area contributed by atoms with Gasteiger partial charge in [-0.2, -0.15) is 0 Å². The highest BCUT2D eigenvalue weighted by Gasteiger charge is 2.28. The first-order valence-electron chi connectivity index (χ1n) is 4.99. The molecule has 1 heterocycles. The lowest BCUT2D eigenvalue weighted by molar-refractivity contribution is 0.497. The molecule has 2 rings (SSSR count). The van der Waals surface area contributed by atoms with E-state index in [1.807, 2.05) is 13.3 Å². The SMILES string of the molecule is CNCCCc1coc(C2CC2)n1.